The maximum atomic E-state index is 13.8. The average molecular weight is 467 g/mol. The Hall–Kier alpha value is -4.09. The molecule has 0 saturated heterocycles. The summed E-state index contributed by atoms with van der Waals surface area (Å²) in [6.45, 7) is 0. The molecule has 1 amide bonds. The van der Waals surface area contributed by atoms with Crippen molar-refractivity contribution in [3.63, 3.8) is 0 Å². The highest BCUT2D eigenvalue weighted by molar-refractivity contribution is 6.30. The first kappa shape index (κ1) is 22.1. The lowest BCUT2D eigenvalue weighted by Crippen LogP contribution is -2.20. The number of carbonyl (C=O) groups is 1. The molecule has 0 aliphatic heterocycles. The van der Waals surface area contributed by atoms with Crippen LogP contribution in [0.1, 0.15) is 27.3 Å². The van der Waals surface area contributed by atoms with Gasteiger partial charge in [0.25, 0.3) is 5.91 Å². The van der Waals surface area contributed by atoms with Crippen molar-refractivity contribution in [3.05, 3.63) is 107 Å². The highest BCUT2D eigenvalue weighted by Gasteiger charge is 2.40. The number of amides is 1. The van der Waals surface area contributed by atoms with Gasteiger partial charge in [0, 0.05) is 22.5 Å². The predicted molar refractivity (Wildman–Crippen MR) is 118 cm³/mol. The minimum atomic E-state index is -4.82. The summed E-state index contributed by atoms with van der Waals surface area (Å²) in [6, 6.07) is 17.4. The lowest BCUT2D eigenvalue weighted by Gasteiger charge is -2.13. The van der Waals surface area contributed by atoms with Crippen LogP contribution >= 0.6 is 11.6 Å². The molecule has 4 rings (SSSR count). The number of alkyl halides is 3. The summed E-state index contributed by atoms with van der Waals surface area (Å²) in [5.74, 6) is 4.84. The molecule has 1 N–H and O–H groups in total. The van der Waals surface area contributed by atoms with Crippen LogP contribution in [0.25, 0.3) is 5.69 Å². The third-order valence-electron chi connectivity index (χ3n) is 4.47. The van der Waals surface area contributed by atoms with E-state index in [2.05, 4.69) is 27.2 Å². The van der Waals surface area contributed by atoms with Crippen molar-refractivity contribution < 1.29 is 18.0 Å². The van der Waals surface area contributed by atoms with Crippen molar-refractivity contribution in [2.75, 3.05) is 5.32 Å². The zero-order valence-corrected chi connectivity index (χ0v) is 17.5. The van der Waals surface area contributed by atoms with Crippen LogP contribution in [0.3, 0.4) is 0 Å². The molecule has 0 unspecified atom stereocenters. The number of pyridine rings is 1. The molecule has 33 heavy (non-hydrogen) atoms. The molecule has 0 radical (unpaired) electrons. The molecular weight excluding hydrogens is 453 g/mol. The van der Waals surface area contributed by atoms with Gasteiger partial charge in [0.2, 0.25) is 0 Å². The van der Waals surface area contributed by atoms with Crippen molar-refractivity contribution >= 4 is 23.2 Å². The zero-order chi connectivity index (χ0) is 23.4. The molecule has 164 valence electrons. The van der Waals surface area contributed by atoms with Gasteiger partial charge in [-0.15, -0.1) is 0 Å². The van der Waals surface area contributed by atoms with Gasteiger partial charge in [-0.2, -0.15) is 18.3 Å². The molecule has 0 aliphatic rings. The largest absolute Gasteiger partial charge is 0.434 e. The molecule has 2 aromatic carbocycles. The Morgan fingerprint density at radius 2 is 1.79 bits per heavy atom. The Bertz CT molecular complexity index is 1350. The van der Waals surface area contributed by atoms with E-state index in [1.54, 1.807) is 48.7 Å². The number of nitrogens with one attached hydrogen (secondary N) is 1. The van der Waals surface area contributed by atoms with Gasteiger partial charge in [-0.05, 0) is 60.5 Å². The Morgan fingerprint density at radius 3 is 2.48 bits per heavy atom. The first-order valence-electron chi connectivity index (χ1n) is 9.57. The van der Waals surface area contributed by atoms with E-state index in [4.69, 9.17) is 11.6 Å². The van der Waals surface area contributed by atoms with Gasteiger partial charge >= 0.3 is 6.18 Å². The van der Waals surface area contributed by atoms with Crippen molar-refractivity contribution in [1.29, 1.82) is 0 Å². The van der Waals surface area contributed by atoms with Crippen LogP contribution in [-0.4, -0.2) is 20.7 Å². The maximum absolute atomic E-state index is 13.8. The molecule has 0 saturated carbocycles. The van der Waals surface area contributed by atoms with Gasteiger partial charge < -0.3 is 5.32 Å². The minimum Gasteiger partial charge on any atom is -0.322 e. The second-order valence-corrected chi connectivity index (χ2v) is 7.23. The van der Waals surface area contributed by atoms with Crippen LogP contribution < -0.4 is 5.32 Å². The van der Waals surface area contributed by atoms with E-state index in [1.807, 2.05) is 0 Å². The molecule has 0 fully saturated rings. The van der Waals surface area contributed by atoms with Crippen molar-refractivity contribution in [2.24, 2.45) is 0 Å². The summed E-state index contributed by atoms with van der Waals surface area (Å²) in [4.78, 5) is 16.8. The highest BCUT2D eigenvalue weighted by Crippen LogP contribution is 2.34. The SMILES string of the molecule is O=C(Nc1cccc(C#Cc2ccccn2)c1)c1cnn(-c2ccc(Cl)cc2)c1C(F)(F)F. The summed E-state index contributed by atoms with van der Waals surface area (Å²) in [5, 5.41) is 6.64. The lowest BCUT2D eigenvalue weighted by atomic mass is 10.1. The van der Waals surface area contributed by atoms with Gasteiger partial charge in [-0.1, -0.05) is 29.7 Å². The van der Waals surface area contributed by atoms with Crippen LogP contribution in [0.2, 0.25) is 5.02 Å². The first-order valence-corrected chi connectivity index (χ1v) is 9.95. The summed E-state index contributed by atoms with van der Waals surface area (Å²) >= 11 is 5.82. The Balaban J connectivity index is 1.62. The highest BCUT2D eigenvalue weighted by atomic mass is 35.5. The van der Waals surface area contributed by atoms with Crippen LogP contribution in [0.4, 0.5) is 18.9 Å². The quantitative estimate of drug-likeness (QED) is 0.400. The summed E-state index contributed by atoms with van der Waals surface area (Å²) in [6.07, 6.45) is -2.32. The molecule has 2 aromatic heterocycles. The average Bonchev–Trinajstić information content (AvgIpc) is 3.25. The molecular formula is C24H14ClF3N4O. The molecule has 9 heteroatoms. The fourth-order valence-electron chi connectivity index (χ4n) is 3.01. The minimum absolute atomic E-state index is 0.123. The summed E-state index contributed by atoms with van der Waals surface area (Å²) in [7, 11) is 0. The van der Waals surface area contributed by atoms with Crippen molar-refractivity contribution in [1.82, 2.24) is 14.8 Å². The number of anilines is 1. The van der Waals surface area contributed by atoms with Crippen LogP contribution in [0.15, 0.2) is 79.1 Å². The number of nitrogens with zero attached hydrogens (tertiary/aromatic N) is 3. The van der Waals surface area contributed by atoms with Gasteiger partial charge in [0.1, 0.15) is 5.69 Å². The smallest absolute Gasteiger partial charge is 0.322 e. The van der Waals surface area contributed by atoms with Crippen LogP contribution in [0, 0.1) is 11.8 Å². The molecule has 0 aliphatic carbocycles. The van der Waals surface area contributed by atoms with Crippen LogP contribution in [0.5, 0.6) is 0 Å². The van der Waals surface area contributed by atoms with Gasteiger partial charge in [0.05, 0.1) is 17.4 Å². The predicted octanol–water partition coefficient (Wildman–Crippen LogP) is 5.59. The Kier molecular flexibility index (Phi) is 6.16. The van der Waals surface area contributed by atoms with E-state index in [9.17, 15) is 18.0 Å². The summed E-state index contributed by atoms with van der Waals surface area (Å²) in [5.41, 5.74) is -0.253. The molecule has 0 bridgehead atoms. The molecule has 0 spiro atoms. The van der Waals surface area contributed by atoms with E-state index < -0.39 is 23.3 Å². The normalized spacial score (nSPS) is 10.9. The van der Waals surface area contributed by atoms with Crippen molar-refractivity contribution in [3.8, 4) is 17.5 Å². The van der Waals surface area contributed by atoms with Crippen LogP contribution in [-0.2, 0) is 6.18 Å². The van der Waals surface area contributed by atoms with Gasteiger partial charge in [0.15, 0.2) is 5.69 Å². The molecule has 4 aromatic rings. The van der Waals surface area contributed by atoms with E-state index in [0.29, 0.717) is 26.6 Å². The van der Waals surface area contributed by atoms with Gasteiger partial charge in [-0.25, -0.2) is 9.67 Å². The Labute approximate surface area is 191 Å². The number of benzene rings is 2. The number of hydrogen-bond donors (Lipinski definition) is 1. The van der Waals surface area contributed by atoms with E-state index in [-0.39, 0.29) is 5.69 Å². The number of aromatic nitrogens is 3. The molecule has 0 atom stereocenters. The number of carbonyl (C=O) groups excluding carboxylic acids is 1. The fourth-order valence-corrected chi connectivity index (χ4v) is 3.14. The second kappa shape index (κ2) is 9.18. The van der Waals surface area contributed by atoms with E-state index in [1.165, 1.54) is 24.3 Å². The third kappa shape index (κ3) is 5.22. The van der Waals surface area contributed by atoms with Gasteiger partial charge in [-0.3, -0.25) is 4.79 Å². The van der Waals surface area contributed by atoms with E-state index in [0.717, 1.165) is 6.20 Å². The summed E-state index contributed by atoms with van der Waals surface area (Å²) < 4.78 is 42.2. The lowest BCUT2D eigenvalue weighted by molar-refractivity contribution is -0.143. The maximum Gasteiger partial charge on any atom is 0.434 e. The fraction of sp³-hybridized carbons (Fsp3) is 0.0417. The molecule has 2 heterocycles. The third-order valence-corrected chi connectivity index (χ3v) is 4.73. The first-order chi connectivity index (χ1) is 15.8. The van der Waals surface area contributed by atoms with E-state index >= 15 is 0 Å². The zero-order valence-electron chi connectivity index (χ0n) is 16.8. The number of halogens is 4. The monoisotopic (exact) mass is 466 g/mol. The Morgan fingerprint density at radius 1 is 1.00 bits per heavy atom. The number of hydrogen-bond acceptors (Lipinski definition) is 3. The second-order valence-electron chi connectivity index (χ2n) is 6.79. The molecule has 5 nitrogen and oxygen atoms in total. The standard InChI is InChI=1S/C24H14ClF3N4O/c25-17-8-11-20(12-9-17)32-22(24(26,27)28)21(15-30-32)23(33)31-19-6-3-4-16(14-19)7-10-18-5-1-2-13-29-18/h1-6,8-9,11-15H,(H,31,33). The number of rotatable bonds is 3. The van der Waals surface area contributed by atoms with Crippen molar-refractivity contribution in [2.45, 2.75) is 6.18 Å². The topological polar surface area (TPSA) is 59.8 Å².